The fourth-order valence-electron chi connectivity index (χ4n) is 3.31. The highest BCUT2D eigenvalue weighted by molar-refractivity contribution is 7.80. The number of amides is 1. The molecular formula is C22H37N5OS. The molecular weight excluding hydrogens is 382 g/mol. The van der Waals surface area contributed by atoms with Crippen LogP contribution >= 0.6 is 12.2 Å². The van der Waals surface area contributed by atoms with Crippen molar-refractivity contribution in [2.75, 3.05) is 25.0 Å². The van der Waals surface area contributed by atoms with Gasteiger partial charge in [0.05, 0.1) is 5.92 Å². The molecule has 29 heavy (non-hydrogen) atoms. The standard InChI is InChI=1S/C22H37N5OS/c1-14(2)11-27(12-15(3)4)13-19(18(7)25-26-22(23)29)21(28)24-20-9-8-16(5)10-17(20)6/h8-10,14-15,19H,11-13H2,1-7H3,(H,24,28)(H3,23,26,29)/b25-18-. The average molecular weight is 420 g/mol. The molecule has 1 rings (SSSR count). The lowest BCUT2D eigenvalue weighted by molar-refractivity contribution is -0.118. The van der Waals surface area contributed by atoms with Gasteiger partial charge in [0.25, 0.3) is 0 Å². The monoisotopic (exact) mass is 419 g/mol. The van der Waals surface area contributed by atoms with Crippen molar-refractivity contribution in [2.45, 2.75) is 48.5 Å². The van der Waals surface area contributed by atoms with E-state index in [1.165, 1.54) is 0 Å². The first kappa shape index (κ1) is 25.0. The van der Waals surface area contributed by atoms with Gasteiger partial charge in [-0.15, -0.1) is 0 Å². The number of hydrogen-bond donors (Lipinski definition) is 3. The predicted octanol–water partition coefficient (Wildman–Crippen LogP) is 3.68. The van der Waals surface area contributed by atoms with E-state index < -0.39 is 5.92 Å². The number of nitrogens with one attached hydrogen (secondary N) is 2. The van der Waals surface area contributed by atoms with Crippen LogP contribution in [0.2, 0.25) is 0 Å². The normalized spacial score (nSPS) is 13.1. The van der Waals surface area contributed by atoms with Crippen LogP contribution in [0.3, 0.4) is 0 Å². The lowest BCUT2D eigenvalue weighted by Gasteiger charge is -2.30. The maximum atomic E-state index is 13.2. The molecule has 7 heteroatoms. The van der Waals surface area contributed by atoms with Crippen LogP contribution in [-0.4, -0.2) is 41.3 Å². The van der Waals surface area contributed by atoms with Crippen LogP contribution in [0.15, 0.2) is 23.3 Å². The van der Waals surface area contributed by atoms with E-state index >= 15 is 0 Å². The summed E-state index contributed by atoms with van der Waals surface area (Å²) in [5.41, 5.74) is 11.8. The molecule has 0 aliphatic rings. The Morgan fingerprint density at radius 1 is 1.14 bits per heavy atom. The molecule has 1 aromatic carbocycles. The van der Waals surface area contributed by atoms with Crippen LogP contribution in [0.1, 0.15) is 45.7 Å². The number of thiocarbonyl (C=S) groups is 1. The molecule has 0 fully saturated rings. The van der Waals surface area contributed by atoms with Gasteiger partial charge in [-0.05, 0) is 56.5 Å². The Morgan fingerprint density at radius 2 is 1.72 bits per heavy atom. The third-order valence-electron chi connectivity index (χ3n) is 4.49. The van der Waals surface area contributed by atoms with Crippen LogP contribution in [0.4, 0.5) is 5.69 Å². The smallest absolute Gasteiger partial charge is 0.234 e. The summed E-state index contributed by atoms with van der Waals surface area (Å²) < 4.78 is 0. The number of hydrazone groups is 1. The number of nitrogens with two attached hydrogens (primary N) is 1. The molecule has 6 nitrogen and oxygen atoms in total. The van der Waals surface area contributed by atoms with Crippen molar-refractivity contribution in [1.29, 1.82) is 0 Å². The number of carbonyl (C=O) groups is 1. The largest absolute Gasteiger partial charge is 0.375 e. The molecule has 4 N–H and O–H groups in total. The minimum Gasteiger partial charge on any atom is -0.375 e. The second-order valence-corrected chi connectivity index (χ2v) is 9.04. The van der Waals surface area contributed by atoms with Crippen LogP contribution in [0.5, 0.6) is 0 Å². The van der Waals surface area contributed by atoms with Gasteiger partial charge >= 0.3 is 0 Å². The highest BCUT2D eigenvalue weighted by Crippen LogP contribution is 2.18. The Morgan fingerprint density at radius 3 is 2.21 bits per heavy atom. The molecule has 0 aliphatic carbocycles. The molecule has 0 aromatic heterocycles. The van der Waals surface area contributed by atoms with Crippen molar-refractivity contribution in [2.24, 2.45) is 28.6 Å². The SMILES string of the molecule is C/C(=N/NC(N)=S)C(CN(CC(C)C)CC(C)C)C(=O)Nc1ccc(C)cc1C. The molecule has 1 amide bonds. The molecule has 0 aliphatic heterocycles. The molecule has 0 radical (unpaired) electrons. The summed E-state index contributed by atoms with van der Waals surface area (Å²) in [6.45, 7) is 17.0. The summed E-state index contributed by atoms with van der Waals surface area (Å²) >= 11 is 4.85. The topological polar surface area (TPSA) is 82.8 Å². The predicted molar refractivity (Wildman–Crippen MR) is 127 cm³/mol. The highest BCUT2D eigenvalue weighted by atomic mass is 32.1. The molecule has 162 valence electrons. The quantitative estimate of drug-likeness (QED) is 0.306. The van der Waals surface area contributed by atoms with Crippen molar-refractivity contribution in [1.82, 2.24) is 10.3 Å². The third kappa shape index (κ3) is 9.37. The van der Waals surface area contributed by atoms with Crippen molar-refractivity contribution < 1.29 is 4.79 Å². The minimum absolute atomic E-state index is 0.0825. The van der Waals surface area contributed by atoms with E-state index in [1.807, 2.05) is 32.9 Å². The second kappa shape index (κ2) is 11.9. The summed E-state index contributed by atoms with van der Waals surface area (Å²) in [6, 6.07) is 6.00. The Bertz CT molecular complexity index is 720. The van der Waals surface area contributed by atoms with Crippen molar-refractivity contribution in [3.8, 4) is 0 Å². The molecule has 0 saturated heterocycles. The molecule has 1 unspecified atom stereocenters. The average Bonchev–Trinajstić information content (AvgIpc) is 2.58. The van der Waals surface area contributed by atoms with Crippen LogP contribution in [0.25, 0.3) is 0 Å². The molecule has 0 saturated carbocycles. The summed E-state index contributed by atoms with van der Waals surface area (Å²) in [6.07, 6.45) is 0. The molecule has 1 atom stereocenters. The van der Waals surface area contributed by atoms with Crippen molar-refractivity contribution in [3.63, 3.8) is 0 Å². The molecule has 0 spiro atoms. The first-order chi connectivity index (χ1) is 13.5. The zero-order chi connectivity index (χ0) is 22.1. The Hall–Kier alpha value is -1.99. The number of hydrogen-bond acceptors (Lipinski definition) is 4. The lowest BCUT2D eigenvalue weighted by atomic mass is 10.00. The van der Waals surface area contributed by atoms with Gasteiger partial charge in [-0.25, -0.2) is 0 Å². The third-order valence-corrected chi connectivity index (χ3v) is 4.58. The van der Waals surface area contributed by atoms with Gasteiger partial charge in [-0.3, -0.25) is 10.2 Å². The van der Waals surface area contributed by atoms with Crippen molar-refractivity contribution in [3.05, 3.63) is 29.3 Å². The number of aryl methyl sites for hydroxylation is 2. The Labute approximate surface area is 181 Å². The van der Waals surface area contributed by atoms with Gasteiger partial charge in [0.2, 0.25) is 5.91 Å². The summed E-state index contributed by atoms with van der Waals surface area (Å²) in [5.74, 6) is 0.503. The maximum Gasteiger partial charge on any atom is 0.234 e. The van der Waals surface area contributed by atoms with Gasteiger partial charge < -0.3 is 16.0 Å². The van der Waals surface area contributed by atoms with Gasteiger partial charge in [0.1, 0.15) is 0 Å². The summed E-state index contributed by atoms with van der Waals surface area (Å²) in [5, 5.41) is 7.41. The highest BCUT2D eigenvalue weighted by Gasteiger charge is 2.26. The van der Waals surface area contributed by atoms with E-state index in [4.69, 9.17) is 18.0 Å². The summed E-state index contributed by atoms with van der Waals surface area (Å²) in [4.78, 5) is 15.6. The van der Waals surface area contributed by atoms with E-state index in [9.17, 15) is 4.79 Å². The van der Waals surface area contributed by atoms with E-state index in [2.05, 4.69) is 54.5 Å². The van der Waals surface area contributed by atoms with Gasteiger partial charge in [0, 0.05) is 31.0 Å². The fraction of sp³-hybridized carbons (Fsp3) is 0.591. The number of carbonyl (C=O) groups excluding carboxylic acids is 1. The second-order valence-electron chi connectivity index (χ2n) is 8.60. The lowest BCUT2D eigenvalue weighted by Crippen LogP contribution is -2.43. The summed E-state index contributed by atoms with van der Waals surface area (Å²) in [7, 11) is 0. The fourth-order valence-corrected chi connectivity index (χ4v) is 3.36. The van der Waals surface area contributed by atoms with E-state index in [1.54, 1.807) is 0 Å². The van der Waals surface area contributed by atoms with Crippen LogP contribution in [-0.2, 0) is 4.79 Å². The Kier molecular flexibility index (Phi) is 10.3. The molecule has 0 heterocycles. The first-order valence-corrected chi connectivity index (χ1v) is 10.6. The number of anilines is 1. The number of benzene rings is 1. The van der Waals surface area contributed by atoms with E-state index in [-0.39, 0.29) is 11.0 Å². The molecule has 1 aromatic rings. The minimum atomic E-state index is -0.421. The van der Waals surface area contributed by atoms with E-state index in [0.717, 1.165) is 29.9 Å². The van der Waals surface area contributed by atoms with Crippen LogP contribution < -0.4 is 16.5 Å². The zero-order valence-electron chi connectivity index (χ0n) is 18.9. The van der Waals surface area contributed by atoms with Crippen LogP contribution in [0, 0.1) is 31.6 Å². The zero-order valence-corrected chi connectivity index (χ0v) is 19.7. The first-order valence-electron chi connectivity index (χ1n) is 10.2. The maximum absolute atomic E-state index is 13.2. The van der Waals surface area contributed by atoms with Gasteiger partial charge in [-0.1, -0.05) is 45.4 Å². The van der Waals surface area contributed by atoms with E-state index in [0.29, 0.717) is 24.1 Å². The Balaban J connectivity index is 3.11. The number of rotatable bonds is 10. The molecule has 0 bridgehead atoms. The van der Waals surface area contributed by atoms with Crippen molar-refractivity contribution >= 4 is 34.6 Å². The number of nitrogens with zero attached hydrogens (tertiary/aromatic N) is 2. The van der Waals surface area contributed by atoms with Gasteiger partial charge in [0.15, 0.2) is 5.11 Å². The van der Waals surface area contributed by atoms with Gasteiger partial charge in [-0.2, -0.15) is 5.10 Å².